The molecule has 1 saturated heterocycles. The van der Waals surface area contributed by atoms with Crippen molar-refractivity contribution in [2.24, 2.45) is 5.92 Å². The van der Waals surface area contributed by atoms with Gasteiger partial charge in [0.15, 0.2) is 0 Å². The molecule has 19 heavy (non-hydrogen) atoms. The van der Waals surface area contributed by atoms with Gasteiger partial charge in [-0.3, -0.25) is 4.79 Å². The number of nitrogens with zero attached hydrogens (tertiary/aromatic N) is 1. The van der Waals surface area contributed by atoms with E-state index in [-0.39, 0.29) is 11.8 Å². The van der Waals surface area contributed by atoms with Crippen LogP contribution in [0.4, 0.5) is 11.5 Å². The highest BCUT2D eigenvalue weighted by atomic mass is 16.5. The Hall–Kier alpha value is -1.62. The maximum Gasteiger partial charge on any atom is 0.228 e. The van der Waals surface area contributed by atoms with Crippen LogP contribution < -0.4 is 10.6 Å². The van der Waals surface area contributed by atoms with E-state index in [9.17, 15) is 4.79 Å². The predicted octanol–water partition coefficient (Wildman–Crippen LogP) is 2.27. The summed E-state index contributed by atoms with van der Waals surface area (Å²) >= 11 is 0. The van der Waals surface area contributed by atoms with Crippen molar-refractivity contribution in [2.75, 3.05) is 30.4 Å². The van der Waals surface area contributed by atoms with Crippen LogP contribution >= 0.6 is 0 Å². The molecule has 0 radical (unpaired) electrons. The van der Waals surface area contributed by atoms with Crippen molar-refractivity contribution in [1.29, 1.82) is 0 Å². The summed E-state index contributed by atoms with van der Waals surface area (Å²) in [6.07, 6.45) is 4.40. The molecule has 2 N–H and O–H groups in total. The third kappa shape index (κ3) is 4.21. The molecule has 0 atom stereocenters. The Labute approximate surface area is 113 Å². The lowest BCUT2D eigenvalue weighted by molar-refractivity contribution is -0.122. The molecule has 1 fully saturated rings. The average Bonchev–Trinajstić information content (AvgIpc) is 2.47. The van der Waals surface area contributed by atoms with Gasteiger partial charge in [0, 0.05) is 25.7 Å². The van der Waals surface area contributed by atoms with Gasteiger partial charge in [-0.05, 0) is 31.4 Å². The molecular weight excluding hydrogens is 242 g/mol. The summed E-state index contributed by atoms with van der Waals surface area (Å²) in [4.78, 5) is 16.2. The smallest absolute Gasteiger partial charge is 0.228 e. The van der Waals surface area contributed by atoms with Crippen LogP contribution in [0.1, 0.15) is 26.2 Å². The molecule has 0 spiro atoms. The summed E-state index contributed by atoms with van der Waals surface area (Å²) in [6.45, 7) is 4.38. The lowest BCUT2D eigenvalue weighted by Gasteiger charge is -2.20. The van der Waals surface area contributed by atoms with Crippen molar-refractivity contribution < 1.29 is 9.53 Å². The third-order valence-electron chi connectivity index (χ3n) is 3.19. The van der Waals surface area contributed by atoms with Gasteiger partial charge >= 0.3 is 0 Å². The number of anilines is 2. The van der Waals surface area contributed by atoms with E-state index in [1.54, 1.807) is 6.20 Å². The van der Waals surface area contributed by atoms with Gasteiger partial charge in [0.2, 0.25) is 5.91 Å². The van der Waals surface area contributed by atoms with E-state index in [4.69, 9.17) is 4.74 Å². The van der Waals surface area contributed by atoms with Crippen LogP contribution in [-0.4, -0.2) is 30.6 Å². The van der Waals surface area contributed by atoms with Crippen LogP contribution in [0.5, 0.6) is 0 Å². The Morgan fingerprint density at radius 2 is 2.21 bits per heavy atom. The Morgan fingerprint density at radius 1 is 1.42 bits per heavy atom. The number of carbonyl (C=O) groups excluding carboxylic acids is 1. The summed E-state index contributed by atoms with van der Waals surface area (Å²) in [7, 11) is 0. The van der Waals surface area contributed by atoms with E-state index in [0.29, 0.717) is 19.0 Å². The molecule has 2 heterocycles. The molecular formula is C14H21N3O2. The topological polar surface area (TPSA) is 63.2 Å². The number of amides is 1. The zero-order valence-electron chi connectivity index (χ0n) is 11.3. The van der Waals surface area contributed by atoms with Gasteiger partial charge in [-0.2, -0.15) is 0 Å². The molecule has 0 aromatic carbocycles. The number of ether oxygens (including phenoxy) is 1. The Kier molecular flexibility index (Phi) is 5.15. The molecule has 104 valence electrons. The Bertz CT molecular complexity index is 400. The summed E-state index contributed by atoms with van der Waals surface area (Å²) in [5.41, 5.74) is 0.978. The fraction of sp³-hybridized carbons (Fsp3) is 0.571. The standard InChI is InChI=1S/C14H21N3O2/c1-2-7-15-12-3-4-13(16-10-12)17-14(18)11-5-8-19-9-6-11/h3-4,10-11,15H,2,5-9H2,1H3,(H,16,17,18). The molecule has 0 saturated carbocycles. The lowest BCUT2D eigenvalue weighted by atomic mass is 9.99. The van der Waals surface area contributed by atoms with Gasteiger partial charge in [0.25, 0.3) is 0 Å². The number of rotatable bonds is 5. The maximum absolute atomic E-state index is 12.0. The molecule has 1 aromatic rings. The number of pyridine rings is 1. The highest BCUT2D eigenvalue weighted by Crippen LogP contribution is 2.17. The molecule has 5 nitrogen and oxygen atoms in total. The first-order valence-electron chi connectivity index (χ1n) is 6.88. The van der Waals surface area contributed by atoms with Gasteiger partial charge in [-0.1, -0.05) is 6.92 Å². The second-order valence-corrected chi connectivity index (χ2v) is 4.73. The average molecular weight is 263 g/mol. The van der Waals surface area contributed by atoms with Gasteiger partial charge in [-0.25, -0.2) is 4.98 Å². The molecule has 0 aliphatic carbocycles. The number of hydrogen-bond donors (Lipinski definition) is 2. The van der Waals surface area contributed by atoms with Gasteiger partial charge in [0.1, 0.15) is 5.82 Å². The molecule has 0 unspecified atom stereocenters. The largest absolute Gasteiger partial charge is 0.384 e. The normalized spacial score (nSPS) is 16.1. The van der Waals surface area contributed by atoms with Crippen LogP contribution in [0.25, 0.3) is 0 Å². The highest BCUT2D eigenvalue weighted by Gasteiger charge is 2.21. The number of hydrogen-bond acceptors (Lipinski definition) is 4. The zero-order chi connectivity index (χ0) is 13.5. The number of carbonyl (C=O) groups is 1. The maximum atomic E-state index is 12.0. The quantitative estimate of drug-likeness (QED) is 0.855. The van der Waals surface area contributed by atoms with Gasteiger partial charge in [0.05, 0.1) is 11.9 Å². The van der Waals surface area contributed by atoms with E-state index in [2.05, 4.69) is 22.5 Å². The molecule has 1 aromatic heterocycles. The number of aromatic nitrogens is 1. The molecule has 0 bridgehead atoms. The predicted molar refractivity (Wildman–Crippen MR) is 75.2 cm³/mol. The minimum Gasteiger partial charge on any atom is -0.384 e. The first kappa shape index (κ1) is 13.8. The van der Waals surface area contributed by atoms with Crippen molar-refractivity contribution >= 4 is 17.4 Å². The van der Waals surface area contributed by atoms with Crippen LogP contribution in [0.3, 0.4) is 0 Å². The first-order chi connectivity index (χ1) is 9.29. The van der Waals surface area contributed by atoms with Crippen molar-refractivity contribution in [3.8, 4) is 0 Å². The lowest BCUT2D eigenvalue weighted by Crippen LogP contribution is -2.28. The van der Waals surface area contributed by atoms with Crippen molar-refractivity contribution in [1.82, 2.24) is 4.98 Å². The van der Waals surface area contributed by atoms with Crippen molar-refractivity contribution in [2.45, 2.75) is 26.2 Å². The fourth-order valence-electron chi connectivity index (χ4n) is 2.03. The molecule has 1 aliphatic heterocycles. The second-order valence-electron chi connectivity index (χ2n) is 4.73. The van der Waals surface area contributed by atoms with Gasteiger partial charge in [-0.15, -0.1) is 0 Å². The molecule has 5 heteroatoms. The van der Waals surface area contributed by atoms with Crippen LogP contribution in [-0.2, 0) is 9.53 Å². The Balaban J connectivity index is 1.86. The van der Waals surface area contributed by atoms with Crippen molar-refractivity contribution in [3.05, 3.63) is 18.3 Å². The highest BCUT2D eigenvalue weighted by molar-refractivity contribution is 5.91. The van der Waals surface area contributed by atoms with Gasteiger partial charge < -0.3 is 15.4 Å². The number of nitrogens with one attached hydrogen (secondary N) is 2. The van der Waals surface area contributed by atoms with Crippen molar-refractivity contribution in [3.63, 3.8) is 0 Å². The minimum absolute atomic E-state index is 0.0464. The second kappa shape index (κ2) is 7.09. The van der Waals surface area contributed by atoms with E-state index in [1.807, 2.05) is 12.1 Å². The molecule has 1 aliphatic rings. The molecule has 1 amide bonds. The summed E-state index contributed by atoms with van der Waals surface area (Å²) in [5, 5.41) is 6.11. The van der Waals surface area contributed by atoms with E-state index in [1.165, 1.54) is 0 Å². The zero-order valence-corrected chi connectivity index (χ0v) is 11.3. The molecule has 2 rings (SSSR count). The van der Waals surface area contributed by atoms with E-state index < -0.39 is 0 Å². The third-order valence-corrected chi connectivity index (χ3v) is 3.19. The minimum atomic E-state index is 0.0464. The summed E-state index contributed by atoms with van der Waals surface area (Å²) < 4.78 is 5.25. The fourth-order valence-corrected chi connectivity index (χ4v) is 2.03. The SMILES string of the molecule is CCCNc1ccc(NC(=O)C2CCOCC2)nc1. The van der Waals surface area contributed by atoms with Crippen LogP contribution in [0, 0.1) is 5.92 Å². The van der Waals surface area contributed by atoms with E-state index in [0.717, 1.165) is 31.5 Å². The van der Waals surface area contributed by atoms with Crippen LogP contribution in [0.15, 0.2) is 18.3 Å². The van der Waals surface area contributed by atoms with Crippen LogP contribution in [0.2, 0.25) is 0 Å². The Morgan fingerprint density at radius 3 is 2.84 bits per heavy atom. The monoisotopic (exact) mass is 263 g/mol. The summed E-state index contributed by atoms with van der Waals surface area (Å²) in [6, 6.07) is 3.76. The van der Waals surface area contributed by atoms with E-state index >= 15 is 0 Å². The summed E-state index contributed by atoms with van der Waals surface area (Å²) in [5.74, 6) is 0.706. The first-order valence-corrected chi connectivity index (χ1v) is 6.88.